The Kier molecular flexibility index (Phi) is 4.99. The molecule has 2 rings (SSSR count). The highest BCUT2D eigenvalue weighted by molar-refractivity contribution is 9.10. The van der Waals surface area contributed by atoms with Gasteiger partial charge >= 0.3 is 5.97 Å². The average Bonchev–Trinajstić information content (AvgIpc) is 2.37. The van der Waals surface area contributed by atoms with Gasteiger partial charge in [-0.05, 0) is 62.5 Å². The molecule has 4 heteroatoms. The van der Waals surface area contributed by atoms with Crippen LogP contribution in [0.3, 0.4) is 0 Å². The molecule has 1 aliphatic rings. The van der Waals surface area contributed by atoms with Crippen LogP contribution in [0.2, 0.25) is 0 Å². The number of nitrogens with zero attached hydrogens (tertiary/aromatic N) is 1. The third kappa shape index (κ3) is 4.05. The molecule has 0 aliphatic heterocycles. The smallest absolute Gasteiger partial charge is 0.303 e. The van der Waals surface area contributed by atoms with E-state index in [0.29, 0.717) is 6.04 Å². The molecule has 0 amide bonds. The van der Waals surface area contributed by atoms with Crippen molar-refractivity contribution < 1.29 is 9.90 Å². The number of benzene rings is 1. The molecular formula is C15H20BrNO2. The van der Waals surface area contributed by atoms with Gasteiger partial charge in [-0.15, -0.1) is 0 Å². The highest BCUT2D eigenvalue weighted by Gasteiger charge is 2.21. The van der Waals surface area contributed by atoms with Crippen molar-refractivity contribution >= 4 is 21.9 Å². The van der Waals surface area contributed by atoms with Crippen LogP contribution in [0.1, 0.15) is 30.4 Å². The van der Waals surface area contributed by atoms with E-state index < -0.39 is 5.97 Å². The second-order valence-corrected chi connectivity index (χ2v) is 6.20. The number of hydrogen-bond donors (Lipinski definition) is 1. The first-order valence-electron chi connectivity index (χ1n) is 6.75. The summed E-state index contributed by atoms with van der Waals surface area (Å²) >= 11 is 3.52. The van der Waals surface area contributed by atoms with E-state index in [4.69, 9.17) is 5.11 Å². The summed E-state index contributed by atoms with van der Waals surface area (Å²) in [4.78, 5) is 12.8. The summed E-state index contributed by atoms with van der Waals surface area (Å²) in [5, 5.41) is 8.67. The van der Waals surface area contributed by atoms with E-state index in [0.717, 1.165) is 36.7 Å². The van der Waals surface area contributed by atoms with Crippen molar-refractivity contribution in [2.45, 2.75) is 38.1 Å². The molecule has 0 fully saturated rings. The number of carboxylic acids is 1. The molecule has 0 saturated carbocycles. The van der Waals surface area contributed by atoms with E-state index >= 15 is 0 Å². The molecule has 1 aromatic carbocycles. The standard InChI is InChI=1S/C15H20BrNO2/c1-17(8-2-3-15(18)19)14-7-5-11-9-13(16)6-4-12(11)10-14/h4,6,9,14H,2-3,5,7-8,10H2,1H3,(H,18,19). The number of rotatable bonds is 5. The van der Waals surface area contributed by atoms with Gasteiger partial charge in [0.25, 0.3) is 0 Å². The minimum Gasteiger partial charge on any atom is -0.481 e. The molecule has 0 heterocycles. The van der Waals surface area contributed by atoms with Crippen LogP contribution in [0.5, 0.6) is 0 Å². The molecule has 1 aromatic rings. The Morgan fingerprint density at radius 3 is 3.00 bits per heavy atom. The number of carboxylic acid groups (broad SMARTS) is 1. The molecule has 0 saturated heterocycles. The number of fused-ring (bicyclic) bond motifs is 1. The van der Waals surface area contributed by atoms with E-state index in [-0.39, 0.29) is 6.42 Å². The van der Waals surface area contributed by atoms with Crippen LogP contribution >= 0.6 is 15.9 Å². The van der Waals surface area contributed by atoms with Gasteiger partial charge in [0.15, 0.2) is 0 Å². The van der Waals surface area contributed by atoms with Crippen LogP contribution in [0, 0.1) is 0 Å². The molecular weight excluding hydrogens is 306 g/mol. The van der Waals surface area contributed by atoms with Gasteiger partial charge in [-0.25, -0.2) is 0 Å². The van der Waals surface area contributed by atoms with Crippen molar-refractivity contribution in [3.05, 3.63) is 33.8 Å². The Balaban J connectivity index is 1.90. The molecule has 0 bridgehead atoms. The normalized spacial score (nSPS) is 18.4. The van der Waals surface area contributed by atoms with Gasteiger partial charge in [0.1, 0.15) is 0 Å². The van der Waals surface area contributed by atoms with E-state index in [2.05, 4.69) is 46.1 Å². The van der Waals surface area contributed by atoms with Crippen molar-refractivity contribution in [3.8, 4) is 0 Å². The van der Waals surface area contributed by atoms with Gasteiger partial charge < -0.3 is 10.0 Å². The van der Waals surface area contributed by atoms with E-state index in [1.165, 1.54) is 11.1 Å². The number of hydrogen-bond acceptors (Lipinski definition) is 2. The molecule has 3 nitrogen and oxygen atoms in total. The Bertz CT molecular complexity index is 461. The molecule has 1 unspecified atom stereocenters. The summed E-state index contributed by atoms with van der Waals surface area (Å²) < 4.78 is 1.15. The molecule has 1 atom stereocenters. The molecule has 104 valence electrons. The molecule has 0 radical (unpaired) electrons. The van der Waals surface area contributed by atoms with Crippen molar-refractivity contribution in [3.63, 3.8) is 0 Å². The number of aliphatic carboxylic acids is 1. The lowest BCUT2D eigenvalue weighted by Gasteiger charge is -2.32. The Hall–Kier alpha value is -0.870. The number of likely N-dealkylation sites (N-methyl/N-ethyl adjacent to an activating group) is 1. The highest BCUT2D eigenvalue weighted by Crippen LogP contribution is 2.26. The first-order chi connectivity index (χ1) is 9.06. The van der Waals surface area contributed by atoms with E-state index in [9.17, 15) is 4.79 Å². The second-order valence-electron chi connectivity index (χ2n) is 5.29. The van der Waals surface area contributed by atoms with Crippen LogP contribution in [0.15, 0.2) is 22.7 Å². The van der Waals surface area contributed by atoms with Crippen LogP contribution in [0.25, 0.3) is 0 Å². The van der Waals surface area contributed by atoms with Gasteiger partial charge in [-0.1, -0.05) is 22.0 Å². The van der Waals surface area contributed by atoms with Gasteiger partial charge in [0, 0.05) is 16.9 Å². The summed E-state index contributed by atoms with van der Waals surface area (Å²) in [6.45, 7) is 0.864. The topological polar surface area (TPSA) is 40.5 Å². The number of aryl methyl sites for hydroxylation is 1. The minimum absolute atomic E-state index is 0.264. The summed E-state index contributed by atoms with van der Waals surface area (Å²) in [5.74, 6) is -0.702. The zero-order valence-electron chi connectivity index (χ0n) is 11.2. The highest BCUT2D eigenvalue weighted by atomic mass is 79.9. The largest absolute Gasteiger partial charge is 0.481 e. The lowest BCUT2D eigenvalue weighted by atomic mass is 9.87. The van der Waals surface area contributed by atoms with Crippen LogP contribution < -0.4 is 0 Å². The minimum atomic E-state index is -0.702. The van der Waals surface area contributed by atoms with Crippen molar-refractivity contribution in [1.82, 2.24) is 4.90 Å². The average molecular weight is 326 g/mol. The fraction of sp³-hybridized carbons (Fsp3) is 0.533. The maximum absolute atomic E-state index is 10.5. The Morgan fingerprint density at radius 2 is 2.26 bits per heavy atom. The van der Waals surface area contributed by atoms with E-state index in [1.807, 2.05) is 0 Å². The third-order valence-electron chi connectivity index (χ3n) is 3.90. The van der Waals surface area contributed by atoms with Gasteiger partial charge in [-0.2, -0.15) is 0 Å². The molecule has 1 N–H and O–H groups in total. The molecule has 19 heavy (non-hydrogen) atoms. The Labute approximate surface area is 122 Å². The van der Waals surface area contributed by atoms with Gasteiger partial charge in [-0.3, -0.25) is 4.79 Å². The number of carbonyl (C=O) groups is 1. The predicted octanol–water partition coefficient (Wildman–Crippen LogP) is 3.10. The van der Waals surface area contributed by atoms with Crippen LogP contribution in [0.4, 0.5) is 0 Å². The SMILES string of the molecule is CN(CCCC(=O)O)C1CCc2cc(Br)ccc2C1. The summed E-state index contributed by atoms with van der Waals surface area (Å²) in [6.07, 6.45) is 4.35. The lowest BCUT2D eigenvalue weighted by Crippen LogP contribution is -2.37. The zero-order valence-corrected chi connectivity index (χ0v) is 12.8. The zero-order chi connectivity index (χ0) is 13.8. The maximum atomic E-state index is 10.5. The van der Waals surface area contributed by atoms with Gasteiger partial charge in [0.05, 0.1) is 0 Å². The first kappa shape index (κ1) is 14.5. The van der Waals surface area contributed by atoms with Crippen molar-refractivity contribution in [2.24, 2.45) is 0 Å². The van der Waals surface area contributed by atoms with E-state index in [1.54, 1.807) is 0 Å². The van der Waals surface area contributed by atoms with Crippen molar-refractivity contribution in [1.29, 1.82) is 0 Å². The first-order valence-corrected chi connectivity index (χ1v) is 7.55. The fourth-order valence-corrected chi connectivity index (χ4v) is 3.15. The molecule has 0 aromatic heterocycles. The molecule has 1 aliphatic carbocycles. The third-order valence-corrected chi connectivity index (χ3v) is 4.39. The molecule has 0 spiro atoms. The quantitative estimate of drug-likeness (QED) is 0.904. The van der Waals surface area contributed by atoms with Gasteiger partial charge in [0.2, 0.25) is 0 Å². The second kappa shape index (κ2) is 6.53. The Morgan fingerprint density at radius 1 is 1.47 bits per heavy atom. The summed E-state index contributed by atoms with van der Waals surface area (Å²) in [6, 6.07) is 7.07. The van der Waals surface area contributed by atoms with Crippen LogP contribution in [-0.2, 0) is 17.6 Å². The maximum Gasteiger partial charge on any atom is 0.303 e. The monoisotopic (exact) mass is 325 g/mol. The fourth-order valence-electron chi connectivity index (χ4n) is 2.74. The summed E-state index contributed by atoms with van der Waals surface area (Å²) in [5.41, 5.74) is 2.88. The van der Waals surface area contributed by atoms with Crippen LogP contribution in [-0.4, -0.2) is 35.6 Å². The van der Waals surface area contributed by atoms with Crippen molar-refractivity contribution in [2.75, 3.05) is 13.6 Å². The summed E-state index contributed by atoms with van der Waals surface area (Å²) in [7, 11) is 2.11. The lowest BCUT2D eigenvalue weighted by molar-refractivity contribution is -0.137. The predicted molar refractivity (Wildman–Crippen MR) is 79.5 cm³/mol. The number of halogens is 1.